The molecule has 2 N–H and O–H groups in total. The van der Waals surface area contributed by atoms with Crippen molar-refractivity contribution >= 4 is 0 Å². The number of rotatable bonds is 4. The van der Waals surface area contributed by atoms with Crippen LogP contribution in [0.15, 0.2) is 23.2 Å². The van der Waals surface area contributed by atoms with Crippen LogP contribution in [0.3, 0.4) is 0 Å². The summed E-state index contributed by atoms with van der Waals surface area (Å²) >= 11 is 0. The molecule has 1 rings (SSSR count). The van der Waals surface area contributed by atoms with Crippen LogP contribution in [0, 0.1) is 22.3 Å². The molecule has 0 bridgehead atoms. The molecule has 0 saturated carbocycles. The highest BCUT2D eigenvalue weighted by atomic mass is 16.6. The third kappa shape index (κ3) is 2.88. The second-order valence-electron chi connectivity index (χ2n) is 5.33. The Labute approximate surface area is 107 Å². The molecule has 104 valence electrons. The molecule has 0 spiro atoms. The average Bonchev–Trinajstić information content (AvgIpc) is 2.27. The van der Waals surface area contributed by atoms with Crippen molar-refractivity contribution in [2.45, 2.75) is 40.5 Å². The van der Waals surface area contributed by atoms with Gasteiger partial charge in [-0.25, -0.2) is 0 Å². The highest BCUT2D eigenvalue weighted by molar-refractivity contribution is 5.26. The van der Waals surface area contributed by atoms with Crippen molar-refractivity contribution in [2.24, 2.45) is 11.8 Å². The second kappa shape index (κ2) is 5.49. The fourth-order valence-corrected chi connectivity index (χ4v) is 1.79. The monoisotopic (exact) mass is 256 g/mol. The number of aliphatic hydroxyl groups excluding tert-OH is 2. The van der Waals surface area contributed by atoms with Crippen LogP contribution in [0.2, 0.25) is 0 Å². The minimum absolute atomic E-state index is 0.0893. The Bertz CT molecular complexity index is 338. The molecule has 1 aliphatic rings. The van der Waals surface area contributed by atoms with Crippen molar-refractivity contribution in [1.82, 2.24) is 10.1 Å². The SMILES string of the molecule is CC(C)CC1=C(O)N([O-])C(CC(C)C)=C(O)N1[O-]. The molecular weight excluding hydrogens is 236 g/mol. The molecule has 0 aromatic carbocycles. The molecule has 0 aromatic heterocycles. The average molecular weight is 256 g/mol. The molecule has 0 aromatic rings. The molecule has 0 saturated heterocycles. The number of aliphatic hydroxyl groups is 2. The normalized spacial score (nSPS) is 17.6. The number of hydroxylamine groups is 4. The summed E-state index contributed by atoms with van der Waals surface area (Å²) in [7, 11) is 0. The van der Waals surface area contributed by atoms with Gasteiger partial charge in [0, 0.05) is 0 Å². The van der Waals surface area contributed by atoms with E-state index in [0.717, 1.165) is 0 Å². The number of hydrogen-bond donors (Lipinski definition) is 2. The van der Waals surface area contributed by atoms with Gasteiger partial charge in [-0.2, -0.15) is 0 Å². The van der Waals surface area contributed by atoms with Crippen LogP contribution < -0.4 is 0 Å². The summed E-state index contributed by atoms with van der Waals surface area (Å²) in [5, 5.41) is 43.7. The van der Waals surface area contributed by atoms with E-state index in [-0.39, 0.29) is 46.2 Å². The molecule has 0 aliphatic carbocycles. The van der Waals surface area contributed by atoms with E-state index < -0.39 is 11.8 Å². The first-order valence-corrected chi connectivity index (χ1v) is 6.04. The van der Waals surface area contributed by atoms with Crippen molar-refractivity contribution in [3.63, 3.8) is 0 Å². The largest absolute Gasteiger partial charge is 0.752 e. The zero-order valence-electron chi connectivity index (χ0n) is 11.2. The van der Waals surface area contributed by atoms with Gasteiger partial charge in [-0.1, -0.05) is 27.7 Å². The number of hydrogen-bond acceptors (Lipinski definition) is 6. The van der Waals surface area contributed by atoms with Crippen LogP contribution in [0.4, 0.5) is 0 Å². The minimum Gasteiger partial charge on any atom is -0.752 e. The Kier molecular flexibility index (Phi) is 4.48. The molecule has 0 amide bonds. The summed E-state index contributed by atoms with van der Waals surface area (Å²) in [6.45, 7) is 7.42. The third-order valence-electron chi connectivity index (χ3n) is 2.59. The molecule has 0 fully saturated rings. The maximum Gasteiger partial charge on any atom is 0.199 e. The lowest BCUT2D eigenvalue weighted by atomic mass is 10.0. The van der Waals surface area contributed by atoms with Gasteiger partial charge in [-0.05, 0) is 24.7 Å². The van der Waals surface area contributed by atoms with Crippen molar-refractivity contribution < 1.29 is 10.2 Å². The Morgan fingerprint density at radius 1 is 0.833 bits per heavy atom. The highest BCUT2D eigenvalue weighted by Crippen LogP contribution is 2.33. The van der Waals surface area contributed by atoms with E-state index in [1.165, 1.54) is 0 Å². The summed E-state index contributed by atoms with van der Waals surface area (Å²) in [5.74, 6) is -1.06. The van der Waals surface area contributed by atoms with E-state index in [9.17, 15) is 20.6 Å². The topological polar surface area (TPSA) is 93.1 Å². The van der Waals surface area contributed by atoms with Gasteiger partial charge < -0.3 is 30.8 Å². The second-order valence-corrected chi connectivity index (χ2v) is 5.33. The summed E-state index contributed by atoms with van der Waals surface area (Å²) in [4.78, 5) is 0. The summed E-state index contributed by atoms with van der Waals surface area (Å²) in [5.41, 5.74) is -0.185. The van der Waals surface area contributed by atoms with Gasteiger partial charge in [-0.3, -0.25) is 0 Å². The lowest BCUT2D eigenvalue weighted by Crippen LogP contribution is -2.33. The quantitative estimate of drug-likeness (QED) is 0.802. The Morgan fingerprint density at radius 2 is 1.11 bits per heavy atom. The predicted octanol–water partition coefficient (Wildman–Crippen LogP) is 3.15. The molecule has 0 unspecified atom stereocenters. The van der Waals surface area contributed by atoms with Crippen molar-refractivity contribution in [3.8, 4) is 0 Å². The molecule has 0 atom stereocenters. The minimum atomic E-state index is -0.618. The van der Waals surface area contributed by atoms with E-state index >= 15 is 0 Å². The Balaban J connectivity index is 3.06. The lowest BCUT2D eigenvalue weighted by molar-refractivity contribution is 0.175. The smallest absolute Gasteiger partial charge is 0.199 e. The van der Waals surface area contributed by atoms with Gasteiger partial charge in [0.05, 0.1) is 11.4 Å². The van der Waals surface area contributed by atoms with Crippen molar-refractivity contribution in [3.05, 3.63) is 33.6 Å². The first-order chi connectivity index (χ1) is 8.25. The van der Waals surface area contributed by atoms with E-state index in [2.05, 4.69) is 0 Å². The summed E-state index contributed by atoms with van der Waals surface area (Å²) in [6.07, 6.45) is 0.459. The van der Waals surface area contributed by atoms with E-state index in [4.69, 9.17) is 0 Å². The van der Waals surface area contributed by atoms with Crippen LogP contribution in [-0.2, 0) is 0 Å². The van der Waals surface area contributed by atoms with Crippen LogP contribution in [0.1, 0.15) is 40.5 Å². The van der Waals surface area contributed by atoms with Crippen LogP contribution in [-0.4, -0.2) is 20.3 Å². The van der Waals surface area contributed by atoms with Crippen LogP contribution >= 0.6 is 0 Å². The van der Waals surface area contributed by atoms with E-state index in [1.54, 1.807) is 0 Å². The third-order valence-corrected chi connectivity index (χ3v) is 2.59. The maximum absolute atomic E-state index is 11.8. The predicted molar refractivity (Wildman–Crippen MR) is 68.6 cm³/mol. The molecule has 0 radical (unpaired) electrons. The van der Waals surface area contributed by atoms with Crippen LogP contribution in [0.5, 0.6) is 0 Å². The molecule has 6 heteroatoms. The standard InChI is InChI=1S/C12H20N2O4/c1-7(2)5-9-11(15)14(18)10(6-8(3)4)12(16)13(9)17/h7-8,15-16H,5-6H2,1-4H3/q-2. The van der Waals surface area contributed by atoms with Crippen molar-refractivity contribution in [2.75, 3.05) is 0 Å². The Hall–Kier alpha value is -1.40. The number of nitrogens with zero attached hydrogens (tertiary/aromatic N) is 2. The van der Waals surface area contributed by atoms with E-state index in [1.807, 2.05) is 27.7 Å². The van der Waals surface area contributed by atoms with Gasteiger partial charge in [0.2, 0.25) is 0 Å². The maximum atomic E-state index is 11.8. The van der Waals surface area contributed by atoms with Gasteiger partial charge in [0.15, 0.2) is 11.8 Å². The first kappa shape index (κ1) is 14.7. The first-order valence-electron chi connectivity index (χ1n) is 6.04. The fourth-order valence-electron chi connectivity index (χ4n) is 1.79. The van der Waals surface area contributed by atoms with Gasteiger partial charge in [-0.15, -0.1) is 0 Å². The molecule has 1 aliphatic heterocycles. The van der Waals surface area contributed by atoms with E-state index in [0.29, 0.717) is 0 Å². The molecule has 1 heterocycles. The fraction of sp³-hybridized carbons (Fsp3) is 0.667. The molecule has 6 nitrogen and oxygen atoms in total. The van der Waals surface area contributed by atoms with Gasteiger partial charge in [0.1, 0.15) is 0 Å². The van der Waals surface area contributed by atoms with Gasteiger partial charge in [0.25, 0.3) is 0 Å². The number of allylic oxidation sites excluding steroid dienone is 2. The van der Waals surface area contributed by atoms with Crippen LogP contribution in [0.25, 0.3) is 0 Å². The van der Waals surface area contributed by atoms with Crippen molar-refractivity contribution in [1.29, 1.82) is 0 Å². The lowest BCUT2D eigenvalue weighted by Gasteiger charge is -2.45. The highest BCUT2D eigenvalue weighted by Gasteiger charge is 2.24. The zero-order chi connectivity index (χ0) is 14.0. The van der Waals surface area contributed by atoms with Gasteiger partial charge >= 0.3 is 0 Å². The Morgan fingerprint density at radius 3 is 1.33 bits per heavy atom. The zero-order valence-corrected chi connectivity index (χ0v) is 11.2. The molecular formula is C12H20N2O4-2. The molecule has 18 heavy (non-hydrogen) atoms. The summed E-state index contributed by atoms with van der Waals surface area (Å²) < 4.78 is 0. The summed E-state index contributed by atoms with van der Waals surface area (Å²) in [6, 6.07) is 0.